The van der Waals surface area contributed by atoms with Gasteiger partial charge in [0.2, 0.25) is 5.43 Å². The van der Waals surface area contributed by atoms with Gasteiger partial charge in [0, 0.05) is 17.6 Å². The molecule has 1 atom stereocenters. The van der Waals surface area contributed by atoms with Crippen molar-refractivity contribution in [2.24, 2.45) is 0 Å². The summed E-state index contributed by atoms with van der Waals surface area (Å²) in [6, 6.07) is 12.3. The number of anilines is 1. The van der Waals surface area contributed by atoms with Crippen LogP contribution >= 0.6 is 0 Å². The number of esters is 1. The number of nitrogens with zero attached hydrogens (tertiary/aromatic N) is 1. The van der Waals surface area contributed by atoms with Crippen molar-refractivity contribution >= 4 is 28.5 Å². The highest BCUT2D eigenvalue weighted by Gasteiger charge is 2.25. The molecule has 0 saturated carbocycles. The summed E-state index contributed by atoms with van der Waals surface area (Å²) < 4.78 is 6.73. The lowest BCUT2D eigenvalue weighted by molar-refractivity contribution is 0.0602. The largest absolute Gasteiger partial charge is 0.465 e. The first-order valence-electron chi connectivity index (χ1n) is 8.66. The minimum atomic E-state index is -0.557. The van der Waals surface area contributed by atoms with Gasteiger partial charge in [-0.25, -0.2) is 4.79 Å². The van der Waals surface area contributed by atoms with Crippen molar-refractivity contribution in [2.45, 2.75) is 19.4 Å². The molecule has 3 aromatic rings. The average molecular weight is 362 g/mol. The summed E-state index contributed by atoms with van der Waals surface area (Å²) in [5.41, 5.74) is 2.27. The normalized spacial score (nSPS) is 15.0. The summed E-state index contributed by atoms with van der Waals surface area (Å²) in [6.45, 7) is 2.05. The monoisotopic (exact) mass is 362 g/mol. The lowest BCUT2D eigenvalue weighted by atomic mass is 10.1. The standard InChI is InChI=1S/C21H18N2O4/c1-12-10-13-6-5-8-15-18(13)23(12)11-16(19(15)24)20(25)22-17-9-4-3-7-14(17)21(26)27-2/h3-9,11-12H,10H2,1-2H3,(H,22,25)/t12-/m1/s1. The third kappa shape index (κ3) is 2.70. The molecule has 6 nitrogen and oxygen atoms in total. The third-order valence-corrected chi connectivity index (χ3v) is 4.95. The van der Waals surface area contributed by atoms with Crippen LogP contribution in [0.15, 0.2) is 53.5 Å². The fraction of sp³-hybridized carbons (Fsp3) is 0.190. The van der Waals surface area contributed by atoms with Crippen molar-refractivity contribution in [2.75, 3.05) is 12.4 Å². The number of ether oxygens (including phenoxy) is 1. The number of pyridine rings is 1. The van der Waals surface area contributed by atoms with Crippen LogP contribution in [0.3, 0.4) is 0 Å². The number of aromatic nitrogens is 1. The van der Waals surface area contributed by atoms with E-state index in [4.69, 9.17) is 4.74 Å². The molecule has 4 rings (SSSR count). The number of hydrogen-bond donors (Lipinski definition) is 1. The molecule has 136 valence electrons. The van der Waals surface area contributed by atoms with Crippen LogP contribution < -0.4 is 10.7 Å². The Morgan fingerprint density at radius 2 is 1.89 bits per heavy atom. The van der Waals surface area contributed by atoms with Gasteiger partial charge in [-0.15, -0.1) is 0 Å². The van der Waals surface area contributed by atoms with Gasteiger partial charge in [0.15, 0.2) is 0 Å². The Kier molecular flexibility index (Phi) is 4.03. The van der Waals surface area contributed by atoms with E-state index in [9.17, 15) is 14.4 Å². The van der Waals surface area contributed by atoms with Crippen molar-refractivity contribution in [3.8, 4) is 0 Å². The summed E-state index contributed by atoms with van der Waals surface area (Å²) in [5.74, 6) is -1.11. The third-order valence-electron chi connectivity index (χ3n) is 4.95. The molecule has 27 heavy (non-hydrogen) atoms. The van der Waals surface area contributed by atoms with Crippen LogP contribution in [0.1, 0.15) is 39.2 Å². The number of carbonyl (C=O) groups excluding carboxylic acids is 2. The number of amides is 1. The van der Waals surface area contributed by atoms with Gasteiger partial charge in [0.25, 0.3) is 5.91 Å². The Hall–Kier alpha value is -3.41. The van der Waals surface area contributed by atoms with Gasteiger partial charge in [-0.3, -0.25) is 9.59 Å². The Labute approximate surface area is 155 Å². The molecule has 1 aromatic heterocycles. The zero-order chi connectivity index (χ0) is 19.1. The van der Waals surface area contributed by atoms with E-state index in [1.807, 2.05) is 16.7 Å². The second-order valence-electron chi connectivity index (χ2n) is 6.64. The topological polar surface area (TPSA) is 77.4 Å². The Balaban J connectivity index is 1.79. The molecule has 1 aliphatic rings. The highest BCUT2D eigenvalue weighted by Crippen LogP contribution is 2.31. The van der Waals surface area contributed by atoms with Gasteiger partial charge in [-0.1, -0.05) is 24.3 Å². The Morgan fingerprint density at radius 1 is 1.11 bits per heavy atom. The van der Waals surface area contributed by atoms with Gasteiger partial charge in [-0.05, 0) is 37.1 Å². The summed E-state index contributed by atoms with van der Waals surface area (Å²) in [5, 5.41) is 3.21. The molecule has 0 saturated heterocycles. The van der Waals surface area contributed by atoms with Crippen molar-refractivity contribution in [3.05, 3.63) is 75.6 Å². The lowest BCUT2D eigenvalue weighted by Crippen LogP contribution is -2.24. The van der Waals surface area contributed by atoms with Gasteiger partial charge in [-0.2, -0.15) is 0 Å². The Morgan fingerprint density at radius 3 is 2.67 bits per heavy atom. The maximum Gasteiger partial charge on any atom is 0.339 e. The van der Waals surface area contributed by atoms with Crippen LogP contribution in [0.5, 0.6) is 0 Å². The summed E-state index contributed by atoms with van der Waals surface area (Å²) >= 11 is 0. The number of benzene rings is 2. The van der Waals surface area contributed by atoms with Crippen LogP contribution in [0.4, 0.5) is 5.69 Å². The van der Waals surface area contributed by atoms with Crippen LogP contribution in [0.2, 0.25) is 0 Å². The highest BCUT2D eigenvalue weighted by atomic mass is 16.5. The fourth-order valence-electron chi connectivity index (χ4n) is 3.65. The average Bonchev–Trinajstić information content (AvgIpc) is 3.00. The van der Waals surface area contributed by atoms with E-state index >= 15 is 0 Å². The van der Waals surface area contributed by atoms with Crippen LogP contribution in [0, 0.1) is 0 Å². The zero-order valence-electron chi connectivity index (χ0n) is 15.0. The molecule has 0 spiro atoms. The second-order valence-corrected chi connectivity index (χ2v) is 6.64. The highest BCUT2D eigenvalue weighted by molar-refractivity contribution is 6.09. The van der Waals surface area contributed by atoms with E-state index < -0.39 is 11.9 Å². The minimum Gasteiger partial charge on any atom is -0.465 e. The summed E-state index contributed by atoms with van der Waals surface area (Å²) in [7, 11) is 1.28. The molecule has 0 radical (unpaired) electrons. The molecule has 1 amide bonds. The number of para-hydroxylation sites is 2. The summed E-state index contributed by atoms with van der Waals surface area (Å²) in [6.07, 6.45) is 2.44. The molecular formula is C21H18N2O4. The fourth-order valence-corrected chi connectivity index (χ4v) is 3.65. The van der Waals surface area contributed by atoms with E-state index in [0.717, 1.165) is 17.5 Å². The first-order valence-corrected chi connectivity index (χ1v) is 8.66. The molecule has 0 bridgehead atoms. The molecular weight excluding hydrogens is 344 g/mol. The molecule has 2 heterocycles. The number of methoxy groups -OCH3 is 1. The van der Waals surface area contributed by atoms with Crippen molar-refractivity contribution < 1.29 is 14.3 Å². The van der Waals surface area contributed by atoms with E-state index in [-0.39, 0.29) is 22.6 Å². The molecule has 0 unspecified atom stereocenters. The number of nitrogens with one attached hydrogen (secondary N) is 1. The van der Waals surface area contributed by atoms with E-state index in [2.05, 4.69) is 12.2 Å². The smallest absolute Gasteiger partial charge is 0.339 e. The van der Waals surface area contributed by atoms with Crippen LogP contribution in [0.25, 0.3) is 10.9 Å². The number of rotatable bonds is 3. The zero-order valence-corrected chi connectivity index (χ0v) is 15.0. The second kappa shape index (κ2) is 6.39. The predicted molar refractivity (Wildman–Crippen MR) is 102 cm³/mol. The van der Waals surface area contributed by atoms with Crippen molar-refractivity contribution in [3.63, 3.8) is 0 Å². The quantitative estimate of drug-likeness (QED) is 0.726. The first-order chi connectivity index (χ1) is 13.0. The van der Waals surface area contributed by atoms with Gasteiger partial charge < -0.3 is 14.6 Å². The van der Waals surface area contributed by atoms with Crippen LogP contribution in [-0.4, -0.2) is 23.6 Å². The number of hydrogen-bond acceptors (Lipinski definition) is 4. The molecule has 1 aliphatic heterocycles. The molecule has 2 aromatic carbocycles. The van der Waals surface area contributed by atoms with Gasteiger partial charge in [0.05, 0.1) is 23.9 Å². The molecule has 0 fully saturated rings. The van der Waals surface area contributed by atoms with Crippen molar-refractivity contribution in [1.82, 2.24) is 4.57 Å². The van der Waals surface area contributed by atoms with Gasteiger partial charge >= 0.3 is 5.97 Å². The minimum absolute atomic E-state index is 0.0491. The van der Waals surface area contributed by atoms with E-state index in [1.54, 1.807) is 36.5 Å². The molecule has 1 N–H and O–H groups in total. The van der Waals surface area contributed by atoms with Gasteiger partial charge in [0.1, 0.15) is 5.56 Å². The maximum absolute atomic E-state index is 12.9. The Bertz CT molecular complexity index is 1150. The first kappa shape index (κ1) is 17.0. The van der Waals surface area contributed by atoms with Crippen molar-refractivity contribution in [1.29, 1.82) is 0 Å². The summed E-state index contributed by atoms with van der Waals surface area (Å²) in [4.78, 5) is 37.7. The maximum atomic E-state index is 12.9. The number of carbonyl (C=O) groups is 2. The van der Waals surface area contributed by atoms with E-state index in [0.29, 0.717) is 11.1 Å². The molecule has 6 heteroatoms. The molecule has 0 aliphatic carbocycles. The lowest BCUT2D eigenvalue weighted by Gasteiger charge is -2.13. The van der Waals surface area contributed by atoms with E-state index in [1.165, 1.54) is 7.11 Å². The van der Waals surface area contributed by atoms with Crippen LogP contribution in [-0.2, 0) is 11.2 Å². The predicted octanol–water partition coefficient (Wildman–Crippen LogP) is 3.16. The SMILES string of the molecule is COC(=O)c1ccccc1NC(=O)c1cn2c3c(cccc3c1=O)C[C@H]2C.